The van der Waals surface area contributed by atoms with Crippen LogP contribution < -0.4 is 14.4 Å². The highest BCUT2D eigenvalue weighted by Crippen LogP contribution is 2.45. The van der Waals surface area contributed by atoms with Crippen molar-refractivity contribution in [3.05, 3.63) is 131 Å². The van der Waals surface area contributed by atoms with Crippen molar-refractivity contribution in [2.75, 3.05) is 12.0 Å². The third-order valence-corrected chi connectivity index (χ3v) is 9.23. The van der Waals surface area contributed by atoms with Crippen LogP contribution in [0, 0.1) is 12.7 Å². The summed E-state index contributed by atoms with van der Waals surface area (Å²) in [6, 6.07) is 26.9. The van der Waals surface area contributed by atoms with Crippen molar-refractivity contribution in [2.24, 2.45) is 0 Å². The van der Waals surface area contributed by atoms with E-state index in [1.165, 1.54) is 35.9 Å². The Morgan fingerprint density at radius 1 is 0.956 bits per heavy atom. The second-order valence-electron chi connectivity index (χ2n) is 10.1. The predicted molar refractivity (Wildman–Crippen MR) is 171 cm³/mol. The van der Waals surface area contributed by atoms with Crippen LogP contribution in [0.15, 0.2) is 107 Å². The minimum atomic E-state index is -1.10. The lowest BCUT2D eigenvalue weighted by atomic mass is 9.95. The maximum Gasteiger partial charge on any atom is 0.301 e. The molecule has 0 bridgehead atoms. The van der Waals surface area contributed by atoms with Gasteiger partial charge in [-0.3, -0.25) is 14.5 Å². The van der Waals surface area contributed by atoms with E-state index in [-0.39, 0.29) is 22.0 Å². The Balaban J connectivity index is 1.40. The number of nitrogens with zero attached hydrogens (tertiary/aromatic N) is 3. The molecular formula is C34H26FN3O5S2. The number of para-hydroxylation sites is 1. The summed E-state index contributed by atoms with van der Waals surface area (Å²) in [5, 5.41) is 20.2. The van der Waals surface area contributed by atoms with Gasteiger partial charge in [0.1, 0.15) is 17.3 Å². The van der Waals surface area contributed by atoms with E-state index in [2.05, 4.69) is 10.2 Å². The molecule has 1 aliphatic rings. The Hall–Kier alpha value is -5.00. The zero-order valence-electron chi connectivity index (χ0n) is 24.1. The van der Waals surface area contributed by atoms with E-state index in [0.29, 0.717) is 27.2 Å². The van der Waals surface area contributed by atoms with Gasteiger partial charge in [-0.15, -0.1) is 10.2 Å². The summed E-state index contributed by atoms with van der Waals surface area (Å²) < 4.78 is 26.3. The summed E-state index contributed by atoms with van der Waals surface area (Å²) in [5.74, 6) is -1.44. The number of ketones is 1. The number of methoxy groups -OCH3 is 1. The number of aliphatic hydroxyl groups is 1. The zero-order valence-corrected chi connectivity index (χ0v) is 25.8. The SMILES string of the molecule is COc1ccc(/C(O)=C2\C(=O)C(=O)N(c3nnc(SCc4ccc(C)cc4)s3)C2c2cccc(Oc3ccccc3)c2)cc1F. The summed E-state index contributed by atoms with van der Waals surface area (Å²) in [5.41, 5.74) is 2.53. The summed E-state index contributed by atoms with van der Waals surface area (Å²) >= 11 is 2.62. The second-order valence-corrected chi connectivity index (χ2v) is 12.3. The van der Waals surface area contributed by atoms with Gasteiger partial charge in [0.2, 0.25) is 5.13 Å². The Bertz CT molecular complexity index is 1910. The van der Waals surface area contributed by atoms with Gasteiger partial charge in [0.05, 0.1) is 18.7 Å². The van der Waals surface area contributed by atoms with Gasteiger partial charge in [0.25, 0.3) is 5.78 Å². The number of anilines is 1. The van der Waals surface area contributed by atoms with Crippen LogP contribution in [0.25, 0.3) is 5.76 Å². The standard InChI is InChI=1S/C34H26FN3O5S2/c1-20-11-13-21(14-12-20)19-44-34-37-36-33(45-34)38-29(22-7-6-10-25(17-22)43-24-8-4-3-5-9-24)28(31(40)32(38)41)30(39)23-15-16-27(42-2)26(35)18-23/h3-18,29,39H,19H2,1-2H3/b30-28+. The first-order chi connectivity index (χ1) is 21.8. The van der Waals surface area contributed by atoms with Crippen molar-refractivity contribution in [3.8, 4) is 17.2 Å². The number of carbonyl (C=O) groups excluding carboxylic acids is 2. The molecule has 1 unspecified atom stereocenters. The first-order valence-electron chi connectivity index (χ1n) is 13.8. The number of Topliss-reactive ketones (excluding diaryl/α,β-unsaturated/α-hetero) is 1. The van der Waals surface area contributed by atoms with Crippen LogP contribution in [0.4, 0.5) is 9.52 Å². The van der Waals surface area contributed by atoms with Gasteiger partial charge in [-0.2, -0.15) is 0 Å². The van der Waals surface area contributed by atoms with Crippen LogP contribution in [-0.4, -0.2) is 34.1 Å². The van der Waals surface area contributed by atoms with Crippen LogP contribution in [-0.2, 0) is 15.3 Å². The summed E-state index contributed by atoms with van der Waals surface area (Å²) in [7, 11) is 1.32. The summed E-state index contributed by atoms with van der Waals surface area (Å²) in [6.45, 7) is 2.02. The lowest BCUT2D eigenvalue weighted by Gasteiger charge is -2.23. The number of rotatable bonds is 9. The van der Waals surface area contributed by atoms with E-state index in [9.17, 15) is 19.1 Å². The molecule has 226 valence electrons. The molecule has 4 aromatic carbocycles. The number of carbonyl (C=O) groups is 2. The van der Waals surface area contributed by atoms with E-state index in [1.807, 2.05) is 49.4 Å². The molecule has 8 nitrogen and oxygen atoms in total. The third kappa shape index (κ3) is 6.31. The normalized spacial score (nSPS) is 15.8. The molecule has 1 N–H and O–H groups in total. The molecule has 0 spiro atoms. The molecule has 0 radical (unpaired) electrons. The number of aromatic nitrogens is 2. The van der Waals surface area contributed by atoms with Gasteiger partial charge in [0, 0.05) is 11.3 Å². The van der Waals surface area contributed by atoms with Crippen molar-refractivity contribution in [3.63, 3.8) is 0 Å². The highest BCUT2D eigenvalue weighted by Gasteiger charge is 2.48. The topological polar surface area (TPSA) is 102 Å². The Morgan fingerprint density at radius 2 is 1.71 bits per heavy atom. The van der Waals surface area contributed by atoms with Gasteiger partial charge >= 0.3 is 5.91 Å². The number of hydrogen-bond acceptors (Lipinski definition) is 9. The third-order valence-electron chi connectivity index (χ3n) is 7.11. The molecule has 1 amide bonds. The molecule has 1 aliphatic heterocycles. The highest BCUT2D eigenvalue weighted by molar-refractivity contribution is 8.00. The molecule has 1 fully saturated rings. The first-order valence-corrected chi connectivity index (χ1v) is 15.6. The molecule has 1 saturated heterocycles. The van der Waals surface area contributed by atoms with Crippen molar-refractivity contribution < 1.29 is 28.6 Å². The molecule has 1 atom stereocenters. The maximum absolute atomic E-state index is 14.7. The van der Waals surface area contributed by atoms with E-state index < -0.39 is 29.3 Å². The number of ether oxygens (including phenoxy) is 2. The zero-order chi connectivity index (χ0) is 31.5. The van der Waals surface area contributed by atoms with E-state index in [0.717, 1.165) is 28.5 Å². The Labute approximate surface area is 266 Å². The molecular weight excluding hydrogens is 614 g/mol. The lowest BCUT2D eigenvalue weighted by Crippen LogP contribution is -2.29. The molecule has 2 heterocycles. The lowest BCUT2D eigenvalue weighted by molar-refractivity contribution is -0.132. The van der Waals surface area contributed by atoms with Gasteiger partial charge in [-0.1, -0.05) is 83.3 Å². The Morgan fingerprint density at radius 3 is 2.44 bits per heavy atom. The molecule has 1 aromatic heterocycles. The molecule has 0 aliphatic carbocycles. The second kappa shape index (κ2) is 12.9. The number of thioether (sulfide) groups is 1. The summed E-state index contributed by atoms with van der Waals surface area (Å²) in [6.07, 6.45) is 0. The van der Waals surface area contributed by atoms with Gasteiger partial charge < -0.3 is 14.6 Å². The molecule has 6 rings (SSSR count). The minimum absolute atomic E-state index is 0.0135. The van der Waals surface area contributed by atoms with E-state index in [1.54, 1.807) is 36.4 Å². The fourth-order valence-corrected chi connectivity index (χ4v) is 6.70. The molecule has 45 heavy (non-hydrogen) atoms. The van der Waals surface area contributed by atoms with Gasteiger partial charge in [-0.05, 0) is 60.5 Å². The quantitative estimate of drug-likeness (QED) is 0.0576. The fraction of sp³-hybridized carbons (Fsp3) is 0.118. The number of aryl methyl sites for hydroxylation is 1. The highest BCUT2D eigenvalue weighted by atomic mass is 32.2. The van der Waals surface area contributed by atoms with Gasteiger partial charge in [-0.25, -0.2) is 4.39 Å². The van der Waals surface area contributed by atoms with Crippen LogP contribution in [0.5, 0.6) is 17.2 Å². The minimum Gasteiger partial charge on any atom is -0.507 e. The largest absolute Gasteiger partial charge is 0.507 e. The average Bonchev–Trinajstić information content (AvgIpc) is 3.62. The monoisotopic (exact) mass is 639 g/mol. The van der Waals surface area contributed by atoms with Crippen molar-refractivity contribution in [1.29, 1.82) is 0 Å². The molecule has 5 aromatic rings. The fourth-order valence-electron chi connectivity index (χ4n) is 4.87. The van der Waals surface area contributed by atoms with Gasteiger partial charge in [0.15, 0.2) is 15.9 Å². The van der Waals surface area contributed by atoms with E-state index >= 15 is 0 Å². The Kier molecular flexibility index (Phi) is 8.63. The smallest absolute Gasteiger partial charge is 0.301 e. The van der Waals surface area contributed by atoms with Crippen LogP contribution in [0.2, 0.25) is 0 Å². The van der Waals surface area contributed by atoms with E-state index in [4.69, 9.17) is 9.47 Å². The van der Waals surface area contributed by atoms with Crippen molar-refractivity contribution in [1.82, 2.24) is 10.2 Å². The number of aliphatic hydroxyl groups excluding tert-OH is 1. The van der Waals surface area contributed by atoms with Crippen LogP contribution in [0.3, 0.4) is 0 Å². The van der Waals surface area contributed by atoms with Crippen LogP contribution >= 0.6 is 23.1 Å². The number of hydrogen-bond donors (Lipinski definition) is 1. The molecule has 11 heteroatoms. The maximum atomic E-state index is 14.7. The van der Waals surface area contributed by atoms with Crippen LogP contribution in [0.1, 0.15) is 28.3 Å². The van der Waals surface area contributed by atoms with Crippen molar-refractivity contribution in [2.45, 2.75) is 23.1 Å². The molecule has 0 saturated carbocycles. The number of halogens is 1. The first kappa shape index (κ1) is 30.0. The number of benzene rings is 4. The average molecular weight is 640 g/mol. The van der Waals surface area contributed by atoms with Crippen molar-refractivity contribution >= 4 is 45.7 Å². The predicted octanol–water partition coefficient (Wildman–Crippen LogP) is 7.71. The number of amides is 1. The summed E-state index contributed by atoms with van der Waals surface area (Å²) in [4.78, 5) is 28.5.